The summed E-state index contributed by atoms with van der Waals surface area (Å²) in [7, 11) is 0. The molecule has 1 N–H and O–H groups in total. The minimum Gasteiger partial charge on any atom is -0.369 e. The monoisotopic (exact) mass is 248 g/mol. The Kier molecular flexibility index (Phi) is 3.97. The molecule has 0 saturated carbocycles. The Balaban J connectivity index is 2.11. The molecule has 0 aromatic heterocycles. The molecule has 0 unspecified atom stereocenters. The minimum absolute atomic E-state index is 0.245. The molecule has 18 heavy (non-hydrogen) atoms. The first-order valence-corrected chi connectivity index (χ1v) is 6.19. The lowest BCUT2D eigenvalue weighted by molar-refractivity contribution is -0.111. The van der Waals surface area contributed by atoms with E-state index >= 15 is 0 Å². The first kappa shape index (κ1) is 12.6. The summed E-state index contributed by atoms with van der Waals surface area (Å²) in [5.41, 5.74) is 1.11. The number of amides is 1. The fraction of sp³-hybridized carbons (Fsp3) is 0.357. The Labute approximate surface area is 106 Å². The predicted octanol–water partition coefficient (Wildman–Crippen LogP) is 2.94. The maximum absolute atomic E-state index is 13.9. The maximum Gasteiger partial charge on any atom is 0.248 e. The van der Waals surface area contributed by atoms with Crippen LogP contribution in [-0.2, 0) is 4.79 Å². The van der Waals surface area contributed by atoms with Gasteiger partial charge >= 0.3 is 0 Å². The van der Waals surface area contributed by atoms with E-state index in [2.05, 4.69) is 5.32 Å². The third-order valence-electron chi connectivity index (χ3n) is 2.98. The number of rotatable bonds is 3. The quantitative estimate of drug-likeness (QED) is 0.834. The van der Waals surface area contributed by atoms with Crippen molar-refractivity contribution in [3.63, 3.8) is 0 Å². The molecule has 4 heteroatoms. The zero-order chi connectivity index (χ0) is 13.0. The summed E-state index contributed by atoms with van der Waals surface area (Å²) >= 11 is 0. The van der Waals surface area contributed by atoms with Gasteiger partial charge in [0.15, 0.2) is 0 Å². The summed E-state index contributed by atoms with van der Waals surface area (Å²) < 4.78 is 13.9. The molecule has 0 atom stereocenters. The number of benzene rings is 1. The molecule has 1 aliphatic heterocycles. The number of halogens is 1. The predicted molar refractivity (Wildman–Crippen MR) is 71.3 cm³/mol. The van der Waals surface area contributed by atoms with Crippen LogP contribution >= 0.6 is 0 Å². The molecular weight excluding hydrogens is 231 g/mol. The van der Waals surface area contributed by atoms with Gasteiger partial charge in [0.05, 0.1) is 5.69 Å². The zero-order valence-electron chi connectivity index (χ0n) is 10.4. The van der Waals surface area contributed by atoms with Gasteiger partial charge < -0.3 is 10.2 Å². The minimum atomic E-state index is -0.282. The molecule has 3 nitrogen and oxygen atoms in total. The molecule has 1 aromatic rings. The van der Waals surface area contributed by atoms with Crippen LogP contribution in [0.5, 0.6) is 0 Å². The Morgan fingerprint density at radius 2 is 2.11 bits per heavy atom. The van der Waals surface area contributed by atoms with Crippen LogP contribution in [0.15, 0.2) is 30.4 Å². The molecule has 0 radical (unpaired) electrons. The molecule has 0 aliphatic carbocycles. The fourth-order valence-corrected chi connectivity index (χ4v) is 2.13. The summed E-state index contributed by atoms with van der Waals surface area (Å²) in [5.74, 6) is -0.527. The third kappa shape index (κ3) is 2.88. The van der Waals surface area contributed by atoms with Crippen molar-refractivity contribution >= 4 is 17.3 Å². The van der Waals surface area contributed by atoms with Crippen molar-refractivity contribution < 1.29 is 9.18 Å². The molecular formula is C14H17FN2O. The average Bonchev–Trinajstić information content (AvgIpc) is 2.82. The van der Waals surface area contributed by atoms with Crippen LogP contribution < -0.4 is 10.2 Å². The molecule has 0 spiro atoms. The van der Waals surface area contributed by atoms with Crippen molar-refractivity contribution in [2.75, 3.05) is 23.3 Å². The lowest BCUT2D eigenvalue weighted by Gasteiger charge is -2.18. The van der Waals surface area contributed by atoms with E-state index in [1.807, 2.05) is 4.90 Å². The van der Waals surface area contributed by atoms with Gasteiger partial charge in [0.1, 0.15) is 5.82 Å². The molecule has 96 valence electrons. The molecule has 0 bridgehead atoms. The van der Waals surface area contributed by atoms with Gasteiger partial charge in [-0.05, 0) is 44.0 Å². The van der Waals surface area contributed by atoms with E-state index in [0.29, 0.717) is 11.4 Å². The van der Waals surface area contributed by atoms with Gasteiger partial charge in [-0.15, -0.1) is 0 Å². The van der Waals surface area contributed by atoms with Gasteiger partial charge in [0, 0.05) is 18.8 Å². The number of hydrogen-bond donors (Lipinski definition) is 1. The largest absolute Gasteiger partial charge is 0.369 e. The second-order valence-electron chi connectivity index (χ2n) is 4.35. The lowest BCUT2D eigenvalue weighted by Crippen LogP contribution is -2.19. The first-order chi connectivity index (χ1) is 8.70. The van der Waals surface area contributed by atoms with E-state index < -0.39 is 0 Å². The molecule has 1 heterocycles. The average molecular weight is 248 g/mol. The van der Waals surface area contributed by atoms with Crippen molar-refractivity contribution in [3.8, 4) is 0 Å². The number of allylic oxidation sites excluding steroid dienone is 1. The van der Waals surface area contributed by atoms with Crippen LogP contribution in [0.25, 0.3) is 0 Å². The van der Waals surface area contributed by atoms with Gasteiger partial charge in [-0.3, -0.25) is 4.79 Å². The summed E-state index contributed by atoms with van der Waals surface area (Å²) in [4.78, 5) is 13.4. The fourth-order valence-electron chi connectivity index (χ4n) is 2.13. The Morgan fingerprint density at radius 3 is 2.72 bits per heavy atom. The zero-order valence-corrected chi connectivity index (χ0v) is 10.4. The van der Waals surface area contributed by atoms with Crippen molar-refractivity contribution in [3.05, 3.63) is 36.2 Å². The van der Waals surface area contributed by atoms with E-state index in [1.165, 1.54) is 12.1 Å². The number of nitrogens with one attached hydrogen (secondary N) is 1. The lowest BCUT2D eigenvalue weighted by atomic mass is 10.2. The summed E-state index contributed by atoms with van der Waals surface area (Å²) in [6.45, 7) is 3.57. The number of hydrogen-bond acceptors (Lipinski definition) is 2. The van der Waals surface area contributed by atoms with Crippen LogP contribution in [0.1, 0.15) is 19.8 Å². The Hall–Kier alpha value is -1.84. The number of carbonyl (C=O) groups is 1. The van der Waals surface area contributed by atoms with E-state index in [4.69, 9.17) is 0 Å². The maximum atomic E-state index is 13.9. The van der Waals surface area contributed by atoms with Crippen molar-refractivity contribution in [1.29, 1.82) is 0 Å². The van der Waals surface area contributed by atoms with E-state index in [-0.39, 0.29) is 11.7 Å². The highest BCUT2D eigenvalue weighted by atomic mass is 19.1. The van der Waals surface area contributed by atoms with Crippen LogP contribution in [0.2, 0.25) is 0 Å². The van der Waals surface area contributed by atoms with Crippen LogP contribution in [0, 0.1) is 5.82 Å². The topological polar surface area (TPSA) is 32.3 Å². The van der Waals surface area contributed by atoms with Crippen molar-refractivity contribution in [2.45, 2.75) is 19.8 Å². The van der Waals surface area contributed by atoms with Gasteiger partial charge in [0.2, 0.25) is 5.91 Å². The SMILES string of the molecule is C/C=C/C(=O)Nc1ccc(N2CCCC2)c(F)c1. The van der Waals surface area contributed by atoms with Gasteiger partial charge in [-0.1, -0.05) is 6.08 Å². The first-order valence-electron chi connectivity index (χ1n) is 6.19. The Bertz CT molecular complexity index is 465. The number of carbonyl (C=O) groups excluding carboxylic acids is 1. The normalized spacial score (nSPS) is 15.3. The molecule has 2 rings (SSSR count). The van der Waals surface area contributed by atoms with Gasteiger partial charge in [-0.2, -0.15) is 0 Å². The second kappa shape index (κ2) is 5.67. The van der Waals surface area contributed by atoms with Crippen LogP contribution in [0.4, 0.5) is 15.8 Å². The second-order valence-corrected chi connectivity index (χ2v) is 4.35. The Morgan fingerprint density at radius 1 is 1.39 bits per heavy atom. The van der Waals surface area contributed by atoms with Gasteiger partial charge in [-0.25, -0.2) is 4.39 Å². The highest BCUT2D eigenvalue weighted by Gasteiger charge is 2.16. The van der Waals surface area contributed by atoms with E-state index in [1.54, 1.807) is 25.1 Å². The molecule has 1 saturated heterocycles. The third-order valence-corrected chi connectivity index (χ3v) is 2.98. The highest BCUT2D eigenvalue weighted by Crippen LogP contribution is 2.25. The summed E-state index contributed by atoms with van der Waals surface area (Å²) in [6, 6.07) is 4.83. The van der Waals surface area contributed by atoms with E-state index in [0.717, 1.165) is 25.9 Å². The smallest absolute Gasteiger partial charge is 0.248 e. The summed E-state index contributed by atoms with van der Waals surface area (Å²) in [5, 5.41) is 2.62. The summed E-state index contributed by atoms with van der Waals surface area (Å²) in [6.07, 6.45) is 5.27. The van der Waals surface area contributed by atoms with Crippen molar-refractivity contribution in [1.82, 2.24) is 0 Å². The van der Waals surface area contributed by atoms with E-state index in [9.17, 15) is 9.18 Å². The molecule has 1 amide bonds. The molecule has 1 aliphatic rings. The van der Waals surface area contributed by atoms with Crippen LogP contribution in [0.3, 0.4) is 0 Å². The number of anilines is 2. The molecule has 1 aromatic carbocycles. The van der Waals surface area contributed by atoms with Gasteiger partial charge in [0.25, 0.3) is 0 Å². The highest BCUT2D eigenvalue weighted by molar-refractivity contribution is 5.99. The standard InChI is InChI=1S/C14H17FN2O/c1-2-5-14(18)16-11-6-7-13(12(15)10-11)17-8-3-4-9-17/h2,5-7,10H,3-4,8-9H2,1H3,(H,16,18)/b5-2+. The number of nitrogens with zero attached hydrogens (tertiary/aromatic N) is 1. The molecule has 1 fully saturated rings. The van der Waals surface area contributed by atoms with Crippen molar-refractivity contribution in [2.24, 2.45) is 0 Å². The van der Waals surface area contributed by atoms with Crippen LogP contribution in [-0.4, -0.2) is 19.0 Å².